The third-order valence-electron chi connectivity index (χ3n) is 5.48. The van der Waals surface area contributed by atoms with Crippen LogP contribution in [0.2, 0.25) is 25.7 Å². The van der Waals surface area contributed by atoms with E-state index in [2.05, 4.69) is 35.6 Å². The van der Waals surface area contributed by atoms with Gasteiger partial charge in [0.2, 0.25) is 0 Å². The molecular formula is C25H41N3O6Si. The molecule has 0 aromatic heterocycles. The zero-order chi connectivity index (χ0) is 26.1. The first kappa shape index (κ1) is 28.5. The molecule has 0 bridgehead atoms. The summed E-state index contributed by atoms with van der Waals surface area (Å²) in [5, 5.41) is 8.61. The summed E-state index contributed by atoms with van der Waals surface area (Å²) < 4.78 is 16.1. The molecule has 3 N–H and O–H groups in total. The molecule has 1 aliphatic carbocycles. The Hall–Kier alpha value is -2.75. The third-order valence-corrected chi connectivity index (χ3v) is 7.18. The Morgan fingerprint density at radius 1 is 0.886 bits per heavy atom. The predicted octanol–water partition coefficient (Wildman–Crippen LogP) is 4.79. The van der Waals surface area contributed by atoms with E-state index in [1.54, 1.807) is 20.8 Å². The van der Waals surface area contributed by atoms with Gasteiger partial charge in [-0.15, -0.1) is 0 Å². The van der Waals surface area contributed by atoms with Crippen LogP contribution in [0.1, 0.15) is 45.6 Å². The van der Waals surface area contributed by atoms with Crippen LogP contribution < -0.4 is 16.0 Å². The largest absolute Gasteiger partial charge is 0.450 e. The summed E-state index contributed by atoms with van der Waals surface area (Å²) in [6.45, 7) is 12.6. The number of hydrogen-bond donors (Lipinski definition) is 3. The SMILES string of the molecule is CC(C)(C)OC(=O)NC1CC(NC(=O)OCC[Si](C)(C)C)CCC1NC(=O)OCc1ccccc1. The van der Waals surface area contributed by atoms with E-state index in [1.165, 1.54) is 0 Å². The van der Waals surface area contributed by atoms with E-state index in [9.17, 15) is 14.4 Å². The van der Waals surface area contributed by atoms with Crippen molar-refractivity contribution in [3.8, 4) is 0 Å². The van der Waals surface area contributed by atoms with Crippen LogP contribution >= 0.6 is 0 Å². The molecule has 1 aliphatic rings. The van der Waals surface area contributed by atoms with Crippen molar-refractivity contribution < 1.29 is 28.6 Å². The van der Waals surface area contributed by atoms with Crippen LogP contribution in [0.15, 0.2) is 30.3 Å². The lowest BCUT2D eigenvalue weighted by atomic mass is 9.86. The first-order valence-corrected chi connectivity index (χ1v) is 15.9. The van der Waals surface area contributed by atoms with E-state index in [-0.39, 0.29) is 18.7 Å². The standard InChI is InChI=1S/C25H41N3O6Si/c1-25(2,3)34-24(31)28-21-16-19(26-22(29)32-14-15-35(4,5)6)12-13-20(21)27-23(30)33-17-18-10-8-7-9-11-18/h7-11,19-21H,12-17H2,1-6H3,(H,26,29)(H,27,30)(H,28,31). The number of carbonyl (C=O) groups excluding carboxylic acids is 3. The molecule has 1 aromatic carbocycles. The topological polar surface area (TPSA) is 115 Å². The van der Waals surface area contributed by atoms with E-state index in [4.69, 9.17) is 14.2 Å². The van der Waals surface area contributed by atoms with Gasteiger partial charge in [0.1, 0.15) is 12.2 Å². The van der Waals surface area contributed by atoms with E-state index >= 15 is 0 Å². The van der Waals surface area contributed by atoms with Gasteiger partial charge in [-0.05, 0) is 51.6 Å². The molecule has 2 rings (SSSR count). The molecule has 9 nitrogen and oxygen atoms in total. The van der Waals surface area contributed by atoms with Crippen molar-refractivity contribution in [2.75, 3.05) is 6.61 Å². The van der Waals surface area contributed by atoms with Gasteiger partial charge < -0.3 is 30.2 Å². The first-order valence-electron chi connectivity index (χ1n) is 12.2. The highest BCUT2D eigenvalue weighted by Gasteiger charge is 2.35. The van der Waals surface area contributed by atoms with E-state index in [1.807, 2.05) is 30.3 Å². The van der Waals surface area contributed by atoms with Gasteiger partial charge >= 0.3 is 18.3 Å². The number of hydrogen-bond acceptors (Lipinski definition) is 6. The minimum atomic E-state index is -1.30. The number of carbonyl (C=O) groups is 3. The number of alkyl carbamates (subject to hydrolysis) is 3. The van der Waals surface area contributed by atoms with Crippen LogP contribution in [-0.2, 0) is 20.8 Å². The summed E-state index contributed by atoms with van der Waals surface area (Å²) in [6, 6.07) is 9.27. The van der Waals surface area contributed by atoms with Crippen molar-refractivity contribution >= 4 is 26.4 Å². The molecule has 1 saturated carbocycles. The van der Waals surface area contributed by atoms with Crippen molar-refractivity contribution in [1.82, 2.24) is 16.0 Å². The number of nitrogens with one attached hydrogen (secondary N) is 3. The van der Waals surface area contributed by atoms with Crippen molar-refractivity contribution in [3.05, 3.63) is 35.9 Å². The average molecular weight is 508 g/mol. The van der Waals surface area contributed by atoms with Crippen molar-refractivity contribution in [2.24, 2.45) is 0 Å². The molecule has 0 radical (unpaired) electrons. The Morgan fingerprint density at radius 2 is 1.51 bits per heavy atom. The van der Waals surface area contributed by atoms with Crippen molar-refractivity contribution in [2.45, 2.75) is 96.1 Å². The van der Waals surface area contributed by atoms with E-state index < -0.39 is 38.0 Å². The molecule has 196 valence electrons. The minimum Gasteiger partial charge on any atom is -0.450 e. The van der Waals surface area contributed by atoms with Crippen LogP contribution in [0.25, 0.3) is 0 Å². The fraction of sp³-hybridized carbons (Fsp3) is 0.640. The highest BCUT2D eigenvalue weighted by molar-refractivity contribution is 6.76. The molecule has 3 atom stereocenters. The first-order chi connectivity index (χ1) is 16.3. The summed E-state index contributed by atoms with van der Waals surface area (Å²) >= 11 is 0. The zero-order valence-electron chi connectivity index (χ0n) is 21.8. The van der Waals surface area contributed by atoms with Gasteiger partial charge in [-0.2, -0.15) is 0 Å². The van der Waals surface area contributed by atoms with Crippen molar-refractivity contribution in [1.29, 1.82) is 0 Å². The predicted molar refractivity (Wildman–Crippen MR) is 137 cm³/mol. The zero-order valence-corrected chi connectivity index (χ0v) is 22.8. The Balaban J connectivity index is 1.93. The van der Waals surface area contributed by atoms with Crippen LogP contribution in [0.5, 0.6) is 0 Å². The normalized spacial score (nSPS) is 20.3. The second kappa shape index (κ2) is 12.8. The molecule has 1 aromatic rings. The highest BCUT2D eigenvalue weighted by atomic mass is 28.3. The summed E-state index contributed by atoms with van der Waals surface area (Å²) in [5.41, 5.74) is 0.223. The molecular weight excluding hydrogens is 466 g/mol. The van der Waals surface area contributed by atoms with Gasteiger partial charge in [-0.3, -0.25) is 0 Å². The van der Waals surface area contributed by atoms with Crippen LogP contribution in [0, 0.1) is 0 Å². The maximum atomic E-state index is 12.4. The van der Waals surface area contributed by atoms with Crippen molar-refractivity contribution in [3.63, 3.8) is 0 Å². The second-order valence-corrected chi connectivity index (χ2v) is 16.8. The van der Waals surface area contributed by atoms with Crippen LogP contribution in [0.3, 0.4) is 0 Å². The molecule has 0 spiro atoms. The van der Waals surface area contributed by atoms with Gasteiger partial charge in [0, 0.05) is 14.1 Å². The maximum Gasteiger partial charge on any atom is 0.407 e. The molecule has 0 aliphatic heterocycles. The Kier molecular flexibility index (Phi) is 10.4. The molecule has 0 saturated heterocycles. The third kappa shape index (κ3) is 12.0. The monoisotopic (exact) mass is 507 g/mol. The van der Waals surface area contributed by atoms with Gasteiger partial charge in [-0.25, -0.2) is 14.4 Å². The van der Waals surface area contributed by atoms with E-state index in [0.717, 1.165) is 11.6 Å². The number of amides is 3. The van der Waals surface area contributed by atoms with Gasteiger partial charge in [0.05, 0.1) is 18.7 Å². The van der Waals surface area contributed by atoms with Gasteiger partial charge in [0.25, 0.3) is 0 Å². The van der Waals surface area contributed by atoms with Gasteiger partial charge in [-0.1, -0.05) is 50.0 Å². The fourth-order valence-electron chi connectivity index (χ4n) is 3.67. The molecule has 1 fully saturated rings. The fourth-order valence-corrected chi connectivity index (χ4v) is 4.38. The van der Waals surface area contributed by atoms with Gasteiger partial charge in [0.15, 0.2) is 0 Å². The number of benzene rings is 1. The molecule has 3 amide bonds. The molecule has 35 heavy (non-hydrogen) atoms. The second-order valence-electron chi connectivity index (χ2n) is 11.2. The number of ether oxygens (including phenoxy) is 3. The maximum absolute atomic E-state index is 12.4. The van der Waals surface area contributed by atoms with Crippen LogP contribution in [-0.4, -0.2) is 56.7 Å². The summed E-state index contributed by atoms with van der Waals surface area (Å²) in [4.78, 5) is 37.2. The lowest BCUT2D eigenvalue weighted by molar-refractivity contribution is 0.0468. The molecule has 10 heteroatoms. The highest BCUT2D eigenvalue weighted by Crippen LogP contribution is 2.21. The molecule has 3 unspecified atom stereocenters. The summed E-state index contributed by atoms with van der Waals surface area (Å²) in [5.74, 6) is 0. The van der Waals surface area contributed by atoms with Crippen LogP contribution in [0.4, 0.5) is 14.4 Å². The average Bonchev–Trinajstić information content (AvgIpc) is 2.72. The quantitative estimate of drug-likeness (QED) is 0.344. The summed E-state index contributed by atoms with van der Waals surface area (Å²) in [6.07, 6.45) is -0.0123. The smallest absolute Gasteiger partial charge is 0.407 e. The lowest BCUT2D eigenvalue weighted by Crippen LogP contribution is -2.58. The molecule has 0 heterocycles. The summed E-state index contributed by atoms with van der Waals surface area (Å²) in [7, 11) is -1.30. The van der Waals surface area contributed by atoms with E-state index in [0.29, 0.717) is 25.9 Å². The Bertz CT molecular complexity index is 838. The number of rotatable bonds is 8. The Labute approximate surface area is 209 Å². The Morgan fingerprint density at radius 3 is 2.14 bits per heavy atom. The lowest BCUT2D eigenvalue weighted by Gasteiger charge is -2.37. The minimum absolute atomic E-state index is 0.150.